The van der Waals surface area contributed by atoms with Crippen LogP contribution in [0.2, 0.25) is 0 Å². The third-order valence-corrected chi connectivity index (χ3v) is 2.79. The number of carbonyl (C=O) groups excluding carboxylic acids is 1. The molecule has 2 N–H and O–H groups in total. The molecule has 1 aliphatic heterocycles. The molecule has 1 aliphatic rings. The summed E-state index contributed by atoms with van der Waals surface area (Å²) in [6, 6.07) is 12.4. The smallest absolute Gasteiger partial charge is 0.409 e. The second kappa shape index (κ2) is 6.40. The van der Waals surface area contributed by atoms with Crippen molar-refractivity contribution >= 4 is 11.8 Å². The fourth-order valence-electron chi connectivity index (χ4n) is 1.84. The Morgan fingerprint density at radius 3 is 2.82 bits per heavy atom. The van der Waals surface area contributed by atoms with Gasteiger partial charge in [-0.3, -0.25) is 5.43 Å². The number of allylic oxidation sites excluding steroid dienone is 2. The van der Waals surface area contributed by atoms with Crippen LogP contribution in [-0.4, -0.2) is 21.4 Å². The highest BCUT2D eigenvalue weighted by atomic mass is 16.6. The Labute approximate surface area is 126 Å². The highest BCUT2D eigenvalue weighted by molar-refractivity contribution is 5.72. The van der Waals surface area contributed by atoms with Crippen molar-refractivity contribution in [2.45, 2.75) is 0 Å². The molecule has 1 amide bonds. The van der Waals surface area contributed by atoms with Crippen molar-refractivity contribution in [3.05, 3.63) is 72.7 Å². The minimum absolute atomic E-state index is 0.456. The normalized spacial score (nSPS) is 13.1. The summed E-state index contributed by atoms with van der Waals surface area (Å²) < 4.78 is 5.18. The summed E-state index contributed by atoms with van der Waals surface area (Å²) in [5.41, 5.74) is 6.73. The number of hydrazine groups is 2. The van der Waals surface area contributed by atoms with Crippen LogP contribution in [0.3, 0.4) is 0 Å². The monoisotopic (exact) mass is 295 g/mol. The molecule has 0 fully saturated rings. The van der Waals surface area contributed by atoms with Gasteiger partial charge in [-0.2, -0.15) is 10.2 Å². The fourth-order valence-corrected chi connectivity index (χ4v) is 1.84. The molecule has 0 radical (unpaired) electrons. The molecule has 0 unspecified atom stereocenters. The first kappa shape index (κ1) is 13.6. The van der Waals surface area contributed by atoms with Crippen molar-refractivity contribution in [1.29, 1.82) is 0 Å². The zero-order valence-corrected chi connectivity index (χ0v) is 11.5. The number of nitrogens with one attached hydrogen (secondary N) is 2. The molecule has 0 bridgehead atoms. The van der Waals surface area contributed by atoms with Crippen molar-refractivity contribution in [2.75, 3.05) is 0 Å². The van der Waals surface area contributed by atoms with Crippen LogP contribution in [-0.2, 0) is 0 Å². The average molecular weight is 295 g/mol. The molecule has 0 aliphatic carbocycles. The van der Waals surface area contributed by atoms with Crippen LogP contribution in [0.5, 0.6) is 5.75 Å². The molecule has 22 heavy (non-hydrogen) atoms. The number of para-hydroxylation sites is 1. The van der Waals surface area contributed by atoms with E-state index in [0.29, 0.717) is 17.1 Å². The van der Waals surface area contributed by atoms with Crippen LogP contribution in [0.1, 0.15) is 5.69 Å². The van der Waals surface area contributed by atoms with Gasteiger partial charge in [0.15, 0.2) is 0 Å². The molecule has 0 atom stereocenters. The highest BCUT2D eigenvalue weighted by Crippen LogP contribution is 2.16. The summed E-state index contributed by atoms with van der Waals surface area (Å²) in [5.74, 6) is 0.456. The summed E-state index contributed by atoms with van der Waals surface area (Å²) in [6.07, 6.45) is 6.22. The van der Waals surface area contributed by atoms with E-state index in [1.807, 2.05) is 6.07 Å². The molecule has 7 nitrogen and oxygen atoms in total. The molecule has 0 saturated heterocycles. The lowest BCUT2D eigenvalue weighted by Crippen LogP contribution is -2.49. The molecule has 1 aromatic heterocycles. The fraction of sp³-hybridized carbons (Fsp3) is 0. The number of hydrogen-bond acceptors (Lipinski definition) is 6. The Bertz CT molecular complexity index is 700. The minimum atomic E-state index is -0.621. The number of ether oxygens (including phenoxy) is 1. The highest BCUT2D eigenvalue weighted by Gasteiger charge is 2.17. The molecule has 0 spiro atoms. The Morgan fingerprint density at radius 1 is 1.18 bits per heavy atom. The SMILES string of the molecule is O=C(NN1NC=CC=C1c1cccnn1)Oc1ccccc1. The van der Waals surface area contributed by atoms with Crippen LogP contribution in [0.15, 0.2) is 67.0 Å². The van der Waals surface area contributed by atoms with Crippen LogP contribution in [0, 0.1) is 0 Å². The summed E-state index contributed by atoms with van der Waals surface area (Å²) >= 11 is 0. The van der Waals surface area contributed by atoms with Crippen LogP contribution in [0.4, 0.5) is 4.79 Å². The van der Waals surface area contributed by atoms with Crippen molar-refractivity contribution in [1.82, 2.24) is 26.2 Å². The number of nitrogens with zero attached hydrogens (tertiary/aromatic N) is 3. The Balaban J connectivity index is 1.70. The largest absolute Gasteiger partial charge is 0.433 e. The predicted molar refractivity (Wildman–Crippen MR) is 79.7 cm³/mol. The third kappa shape index (κ3) is 3.21. The third-order valence-electron chi connectivity index (χ3n) is 2.79. The summed E-state index contributed by atoms with van der Waals surface area (Å²) in [6.45, 7) is 0. The lowest BCUT2D eigenvalue weighted by molar-refractivity contribution is 0.160. The van der Waals surface area contributed by atoms with E-state index in [-0.39, 0.29) is 0 Å². The van der Waals surface area contributed by atoms with E-state index in [9.17, 15) is 4.79 Å². The van der Waals surface area contributed by atoms with Gasteiger partial charge in [0.1, 0.15) is 17.1 Å². The van der Waals surface area contributed by atoms with E-state index in [1.54, 1.807) is 60.9 Å². The van der Waals surface area contributed by atoms with Gasteiger partial charge >= 0.3 is 6.09 Å². The number of carbonyl (C=O) groups is 1. The topological polar surface area (TPSA) is 79.4 Å². The molecule has 1 aromatic carbocycles. The van der Waals surface area contributed by atoms with Gasteiger partial charge in [-0.05, 0) is 36.4 Å². The van der Waals surface area contributed by atoms with Gasteiger partial charge in [0, 0.05) is 12.4 Å². The first-order chi connectivity index (χ1) is 10.8. The lowest BCUT2D eigenvalue weighted by atomic mass is 10.2. The van der Waals surface area contributed by atoms with E-state index in [1.165, 1.54) is 5.12 Å². The Kier molecular flexibility index (Phi) is 3.96. The molecule has 0 saturated carbocycles. The zero-order chi connectivity index (χ0) is 15.2. The number of aromatic nitrogens is 2. The van der Waals surface area contributed by atoms with Crippen molar-refractivity contribution < 1.29 is 9.53 Å². The second-order valence-corrected chi connectivity index (χ2v) is 4.30. The van der Waals surface area contributed by atoms with Crippen LogP contribution < -0.4 is 15.6 Å². The van der Waals surface area contributed by atoms with Crippen molar-refractivity contribution in [3.8, 4) is 5.75 Å². The van der Waals surface area contributed by atoms with Gasteiger partial charge in [-0.15, -0.1) is 5.10 Å². The average Bonchev–Trinajstić information content (AvgIpc) is 2.57. The number of amides is 1. The minimum Gasteiger partial charge on any atom is -0.409 e. The van der Waals surface area contributed by atoms with E-state index >= 15 is 0 Å². The van der Waals surface area contributed by atoms with Gasteiger partial charge < -0.3 is 4.74 Å². The predicted octanol–water partition coefficient (Wildman–Crippen LogP) is 1.85. The van der Waals surface area contributed by atoms with E-state index in [0.717, 1.165) is 0 Å². The van der Waals surface area contributed by atoms with Crippen LogP contribution in [0.25, 0.3) is 5.70 Å². The van der Waals surface area contributed by atoms with Crippen LogP contribution >= 0.6 is 0 Å². The van der Waals surface area contributed by atoms with Crippen molar-refractivity contribution in [3.63, 3.8) is 0 Å². The van der Waals surface area contributed by atoms with E-state index in [2.05, 4.69) is 21.0 Å². The Hall–Kier alpha value is -3.35. The van der Waals surface area contributed by atoms with Gasteiger partial charge in [0.25, 0.3) is 0 Å². The molecule has 2 aromatic rings. The van der Waals surface area contributed by atoms with Gasteiger partial charge in [0.05, 0.1) is 0 Å². The molecule has 3 rings (SSSR count). The van der Waals surface area contributed by atoms with Crippen molar-refractivity contribution in [2.24, 2.45) is 0 Å². The summed E-state index contributed by atoms with van der Waals surface area (Å²) in [4.78, 5) is 12.0. The number of hydrogen-bond donors (Lipinski definition) is 2. The maximum Gasteiger partial charge on any atom is 0.433 e. The Morgan fingerprint density at radius 2 is 2.05 bits per heavy atom. The summed E-state index contributed by atoms with van der Waals surface area (Å²) in [7, 11) is 0. The molecular formula is C15H13N5O2. The first-order valence-corrected chi connectivity index (χ1v) is 6.58. The summed E-state index contributed by atoms with van der Waals surface area (Å²) in [5, 5.41) is 9.26. The standard InChI is InChI=1S/C15H13N5O2/c21-15(22-12-6-2-1-3-7-12)19-20-14(9-5-11-17-20)13-8-4-10-16-18-13/h1-11,17H,(H,19,21). The van der Waals surface area contributed by atoms with Gasteiger partial charge in [0.2, 0.25) is 0 Å². The molecule has 7 heteroatoms. The number of benzene rings is 1. The second-order valence-electron chi connectivity index (χ2n) is 4.30. The number of rotatable bonds is 3. The zero-order valence-electron chi connectivity index (χ0n) is 11.5. The molecule has 2 heterocycles. The molecular weight excluding hydrogens is 282 g/mol. The maximum atomic E-state index is 12.0. The van der Waals surface area contributed by atoms with Gasteiger partial charge in [-0.25, -0.2) is 10.2 Å². The van der Waals surface area contributed by atoms with Gasteiger partial charge in [-0.1, -0.05) is 18.2 Å². The quantitative estimate of drug-likeness (QED) is 0.899. The first-order valence-electron chi connectivity index (χ1n) is 6.58. The lowest BCUT2D eigenvalue weighted by Gasteiger charge is -2.27. The molecule has 110 valence electrons. The van der Waals surface area contributed by atoms with E-state index < -0.39 is 6.09 Å². The maximum absolute atomic E-state index is 12.0. The van der Waals surface area contributed by atoms with E-state index in [4.69, 9.17) is 4.74 Å².